The van der Waals surface area contributed by atoms with Crippen molar-refractivity contribution in [1.82, 2.24) is 14.2 Å². The predicted octanol–water partition coefficient (Wildman–Crippen LogP) is 1.74. The zero-order valence-corrected chi connectivity index (χ0v) is 17.0. The lowest BCUT2D eigenvalue weighted by atomic mass is 10.2. The maximum atomic E-state index is 12.8. The monoisotopic (exact) mass is 460 g/mol. The second-order valence-corrected chi connectivity index (χ2v) is 8.80. The highest BCUT2D eigenvalue weighted by atomic mass is 35.5. The van der Waals surface area contributed by atoms with Gasteiger partial charge in [-0.2, -0.15) is 4.31 Å². The van der Waals surface area contributed by atoms with Crippen molar-refractivity contribution in [2.45, 2.75) is 4.90 Å². The lowest BCUT2D eigenvalue weighted by Gasteiger charge is -2.34. The van der Waals surface area contributed by atoms with Gasteiger partial charge >= 0.3 is 0 Å². The number of rotatable bonds is 4. The molecule has 0 aliphatic carbocycles. The van der Waals surface area contributed by atoms with Crippen LogP contribution in [0.5, 0.6) is 0 Å². The van der Waals surface area contributed by atoms with E-state index in [2.05, 4.69) is 4.98 Å². The fraction of sp³-hybridized carbons (Fsp3) is 0.250. The molecular weight excluding hydrogens is 447 g/mol. The van der Waals surface area contributed by atoms with Crippen molar-refractivity contribution < 1.29 is 18.1 Å². The highest BCUT2D eigenvalue weighted by Gasteiger charge is 2.33. The number of piperazine rings is 1. The molecule has 1 aliphatic rings. The number of carbonyl (C=O) groups is 1. The van der Waals surface area contributed by atoms with E-state index in [4.69, 9.17) is 23.2 Å². The molecule has 0 radical (unpaired) electrons. The third kappa shape index (κ3) is 4.13. The molecule has 1 aromatic carbocycles. The van der Waals surface area contributed by atoms with Gasteiger partial charge in [0.15, 0.2) is 0 Å². The highest BCUT2D eigenvalue weighted by molar-refractivity contribution is 7.89. The number of nitrogens with one attached hydrogen (secondary N) is 1. The summed E-state index contributed by atoms with van der Waals surface area (Å²) >= 11 is 11.9. The molecule has 1 aliphatic heterocycles. The molecule has 1 amide bonds. The van der Waals surface area contributed by atoms with Crippen LogP contribution in [-0.2, 0) is 10.0 Å². The van der Waals surface area contributed by atoms with Crippen LogP contribution >= 0.6 is 23.2 Å². The van der Waals surface area contributed by atoms with Crippen molar-refractivity contribution >= 4 is 44.8 Å². The van der Waals surface area contributed by atoms with E-state index in [1.165, 1.54) is 23.1 Å². The Morgan fingerprint density at radius 3 is 2.45 bits per heavy atom. The van der Waals surface area contributed by atoms with E-state index >= 15 is 0 Å². The molecule has 3 rings (SSSR count). The van der Waals surface area contributed by atoms with Crippen molar-refractivity contribution in [1.29, 1.82) is 0 Å². The highest BCUT2D eigenvalue weighted by Crippen LogP contribution is 2.31. The van der Waals surface area contributed by atoms with Crippen LogP contribution in [0.15, 0.2) is 40.2 Å². The molecule has 2 aromatic rings. The summed E-state index contributed by atoms with van der Waals surface area (Å²) in [5, 5.41) is 10.9. The quantitative estimate of drug-likeness (QED) is 0.545. The Bertz CT molecular complexity index is 1140. The SMILES string of the molecule is O=C(c1cc([N+](=O)[O-])c[nH]c1=O)N1CCN(S(=O)(=O)c2cccc(Cl)c2Cl)CC1. The number of benzene rings is 1. The fourth-order valence-corrected chi connectivity index (χ4v) is 5.02. The summed E-state index contributed by atoms with van der Waals surface area (Å²) in [5.41, 5.74) is -1.57. The number of pyridine rings is 1. The summed E-state index contributed by atoms with van der Waals surface area (Å²) < 4.78 is 26.8. The number of hydrogen-bond acceptors (Lipinski definition) is 6. The molecule has 154 valence electrons. The van der Waals surface area contributed by atoms with Crippen molar-refractivity contribution in [3.8, 4) is 0 Å². The molecule has 0 bridgehead atoms. The zero-order valence-electron chi connectivity index (χ0n) is 14.7. The second-order valence-electron chi connectivity index (χ2n) is 6.11. The Labute approximate surface area is 174 Å². The predicted molar refractivity (Wildman–Crippen MR) is 105 cm³/mol. The van der Waals surface area contributed by atoms with Gasteiger partial charge in [-0.3, -0.25) is 19.7 Å². The minimum absolute atomic E-state index is 0.00161. The average molecular weight is 461 g/mol. The Hall–Kier alpha value is -2.47. The maximum absolute atomic E-state index is 12.8. The van der Waals surface area contributed by atoms with Crippen molar-refractivity contribution in [3.63, 3.8) is 0 Å². The number of carbonyl (C=O) groups excluding carboxylic acids is 1. The minimum Gasteiger partial charge on any atom is -0.336 e. The van der Waals surface area contributed by atoms with E-state index in [-0.39, 0.29) is 46.7 Å². The molecule has 13 heteroatoms. The zero-order chi connectivity index (χ0) is 21.3. The summed E-state index contributed by atoms with van der Waals surface area (Å²) in [4.78, 5) is 37.9. The number of nitro groups is 1. The van der Waals surface area contributed by atoms with E-state index in [1.54, 1.807) is 0 Å². The number of aromatic amines is 1. The fourth-order valence-electron chi connectivity index (χ4n) is 2.86. The van der Waals surface area contributed by atoms with Crippen LogP contribution in [0.4, 0.5) is 5.69 Å². The van der Waals surface area contributed by atoms with Crippen LogP contribution in [0.1, 0.15) is 10.4 Å². The molecule has 2 heterocycles. The molecule has 0 spiro atoms. The lowest BCUT2D eigenvalue weighted by molar-refractivity contribution is -0.385. The smallest absolute Gasteiger partial charge is 0.286 e. The Morgan fingerprint density at radius 2 is 1.83 bits per heavy atom. The van der Waals surface area contributed by atoms with Gasteiger partial charge in [-0.15, -0.1) is 0 Å². The summed E-state index contributed by atoms with van der Waals surface area (Å²) in [7, 11) is -3.93. The molecule has 1 N–H and O–H groups in total. The van der Waals surface area contributed by atoms with Gasteiger partial charge in [0.05, 0.1) is 21.2 Å². The number of aromatic nitrogens is 1. The molecule has 0 saturated carbocycles. The minimum atomic E-state index is -3.93. The van der Waals surface area contributed by atoms with Gasteiger partial charge in [-0.1, -0.05) is 29.3 Å². The van der Waals surface area contributed by atoms with E-state index in [0.29, 0.717) is 0 Å². The van der Waals surface area contributed by atoms with Gasteiger partial charge in [-0.05, 0) is 12.1 Å². The van der Waals surface area contributed by atoms with Gasteiger partial charge < -0.3 is 9.88 Å². The first kappa shape index (κ1) is 21.2. The van der Waals surface area contributed by atoms with Crippen LogP contribution in [0.25, 0.3) is 0 Å². The van der Waals surface area contributed by atoms with E-state index < -0.39 is 32.1 Å². The third-order valence-corrected chi connectivity index (χ3v) is 7.26. The van der Waals surface area contributed by atoms with Gasteiger partial charge in [0.1, 0.15) is 10.5 Å². The summed E-state index contributed by atoms with van der Waals surface area (Å²) in [5.74, 6) is -0.715. The van der Waals surface area contributed by atoms with Gasteiger partial charge in [0.25, 0.3) is 17.2 Å². The van der Waals surface area contributed by atoms with Crippen LogP contribution < -0.4 is 5.56 Å². The lowest BCUT2D eigenvalue weighted by Crippen LogP contribution is -2.51. The number of halogens is 2. The first-order chi connectivity index (χ1) is 13.6. The first-order valence-electron chi connectivity index (χ1n) is 8.23. The van der Waals surface area contributed by atoms with E-state index in [0.717, 1.165) is 16.6 Å². The molecule has 1 saturated heterocycles. The number of nitrogens with zero attached hydrogens (tertiary/aromatic N) is 3. The molecular formula is C16H14Cl2N4O6S. The van der Waals surface area contributed by atoms with E-state index in [1.807, 2.05) is 0 Å². The van der Waals surface area contributed by atoms with Crippen LogP contribution in [0.3, 0.4) is 0 Å². The Balaban J connectivity index is 1.78. The first-order valence-corrected chi connectivity index (χ1v) is 10.4. The van der Waals surface area contributed by atoms with Gasteiger partial charge in [0.2, 0.25) is 10.0 Å². The van der Waals surface area contributed by atoms with Crippen molar-refractivity contribution in [3.05, 3.63) is 66.5 Å². The molecule has 0 unspecified atom stereocenters. The Morgan fingerprint density at radius 1 is 1.17 bits per heavy atom. The number of amides is 1. The standard InChI is InChI=1S/C16H14Cl2N4O6S/c17-12-2-1-3-13(14(12)18)29(27,28)21-6-4-20(5-7-21)16(24)11-8-10(22(25)26)9-19-15(11)23/h1-3,8-9H,4-7H2,(H,19,23). The molecule has 29 heavy (non-hydrogen) atoms. The Kier molecular flexibility index (Phi) is 5.94. The number of sulfonamides is 1. The molecule has 1 fully saturated rings. The summed E-state index contributed by atoms with van der Waals surface area (Å²) in [6.45, 7) is -0.0791. The number of H-pyrrole nitrogens is 1. The number of hydrogen-bond donors (Lipinski definition) is 1. The average Bonchev–Trinajstić information content (AvgIpc) is 2.69. The summed E-state index contributed by atoms with van der Waals surface area (Å²) in [6.07, 6.45) is 0.901. The van der Waals surface area contributed by atoms with Crippen LogP contribution in [-0.4, -0.2) is 59.6 Å². The van der Waals surface area contributed by atoms with Gasteiger partial charge in [0, 0.05) is 32.2 Å². The van der Waals surface area contributed by atoms with E-state index in [9.17, 15) is 28.1 Å². The van der Waals surface area contributed by atoms with Crippen LogP contribution in [0.2, 0.25) is 10.0 Å². The van der Waals surface area contributed by atoms with Crippen LogP contribution in [0, 0.1) is 10.1 Å². The molecule has 1 aromatic heterocycles. The second kappa shape index (κ2) is 8.11. The third-order valence-electron chi connectivity index (χ3n) is 4.39. The molecule has 0 atom stereocenters. The largest absolute Gasteiger partial charge is 0.336 e. The topological polar surface area (TPSA) is 134 Å². The summed E-state index contributed by atoms with van der Waals surface area (Å²) in [6, 6.07) is 5.17. The van der Waals surface area contributed by atoms with Gasteiger partial charge in [-0.25, -0.2) is 8.42 Å². The maximum Gasteiger partial charge on any atom is 0.286 e. The van der Waals surface area contributed by atoms with Crippen molar-refractivity contribution in [2.75, 3.05) is 26.2 Å². The normalized spacial score (nSPS) is 15.3. The van der Waals surface area contributed by atoms with Crippen molar-refractivity contribution in [2.24, 2.45) is 0 Å². The molecule has 10 nitrogen and oxygen atoms in total.